The highest BCUT2D eigenvalue weighted by Crippen LogP contribution is 2.02. The van der Waals surface area contributed by atoms with E-state index in [0.29, 0.717) is 0 Å². The first-order chi connectivity index (χ1) is 4.91. The van der Waals surface area contributed by atoms with Crippen molar-refractivity contribution in [2.24, 2.45) is 5.11 Å². The maximum Gasteiger partial charge on any atom is 0.0448 e. The second-order valence-corrected chi connectivity index (χ2v) is 2.36. The molecule has 0 aromatic carbocycles. The molecule has 0 aromatic rings. The Morgan fingerprint density at radius 1 is 1.30 bits per heavy atom. The lowest BCUT2D eigenvalue weighted by Crippen LogP contribution is -1.72. The van der Waals surface area contributed by atoms with Crippen LogP contribution >= 0.6 is 0 Å². The third kappa shape index (κ3) is 7.34. The molecule has 2 heteroatoms. The van der Waals surface area contributed by atoms with Crippen molar-refractivity contribution >= 4 is 0 Å². The van der Waals surface area contributed by atoms with Crippen molar-refractivity contribution < 1.29 is 0 Å². The number of hydrogen-bond donors (Lipinski definition) is 1. The van der Waals surface area contributed by atoms with Crippen molar-refractivity contribution in [3.05, 3.63) is 12.3 Å². The van der Waals surface area contributed by atoms with Gasteiger partial charge in [0.25, 0.3) is 0 Å². The lowest BCUT2D eigenvalue weighted by molar-refractivity contribution is 0.674. The standard InChI is InChI=1S/C8H16N2/c1-2-3-4-5-6-7-8-10-9/h7-9H,2-6H2,1H3. The zero-order valence-corrected chi connectivity index (χ0v) is 6.64. The van der Waals surface area contributed by atoms with Crippen molar-refractivity contribution in [1.82, 2.24) is 0 Å². The molecule has 10 heavy (non-hydrogen) atoms. The Balaban J connectivity index is 2.90. The van der Waals surface area contributed by atoms with Crippen molar-refractivity contribution in [2.45, 2.75) is 39.0 Å². The highest BCUT2D eigenvalue weighted by Gasteiger charge is 1.82. The van der Waals surface area contributed by atoms with Crippen LogP contribution in [0, 0.1) is 5.53 Å². The number of hydrogen-bond acceptors (Lipinski definition) is 2. The van der Waals surface area contributed by atoms with Crippen molar-refractivity contribution in [1.29, 1.82) is 5.53 Å². The maximum absolute atomic E-state index is 6.46. The molecule has 0 saturated heterocycles. The Hall–Kier alpha value is -0.660. The summed E-state index contributed by atoms with van der Waals surface area (Å²) >= 11 is 0. The van der Waals surface area contributed by atoms with Crippen LogP contribution in [-0.2, 0) is 0 Å². The van der Waals surface area contributed by atoms with Gasteiger partial charge in [0.15, 0.2) is 0 Å². The van der Waals surface area contributed by atoms with Crippen LogP contribution in [0.25, 0.3) is 0 Å². The van der Waals surface area contributed by atoms with Crippen LogP contribution < -0.4 is 0 Å². The van der Waals surface area contributed by atoms with Crippen LogP contribution in [0.1, 0.15) is 39.0 Å². The minimum atomic E-state index is 1.07. The monoisotopic (exact) mass is 140 g/mol. The third-order valence-electron chi connectivity index (χ3n) is 1.40. The van der Waals surface area contributed by atoms with Crippen LogP contribution in [-0.4, -0.2) is 0 Å². The predicted octanol–water partition coefficient (Wildman–Crippen LogP) is 3.50. The summed E-state index contributed by atoms with van der Waals surface area (Å²) in [7, 11) is 0. The highest BCUT2D eigenvalue weighted by molar-refractivity contribution is 4.76. The van der Waals surface area contributed by atoms with E-state index in [2.05, 4.69) is 12.0 Å². The molecule has 0 aromatic heterocycles. The molecular formula is C8H16N2. The minimum absolute atomic E-state index is 1.07. The zero-order chi connectivity index (χ0) is 7.66. The first-order valence-electron chi connectivity index (χ1n) is 3.93. The largest absolute Gasteiger partial charge is 0.205 e. The average molecular weight is 140 g/mol. The number of rotatable bonds is 6. The summed E-state index contributed by atoms with van der Waals surface area (Å²) in [5, 5.41) is 3.12. The number of nitrogens with zero attached hydrogens (tertiary/aromatic N) is 1. The molecule has 0 aliphatic heterocycles. The third-order valence-corrected chi connectivity index (χ3v) is 1.40. The molecular weight excluding hydrogens is 124 g/mol. The summed E-state index contributed by atoms with van der Waals surface area (Å²) in [6.07, 6.45) is 9.72. The molecule has 0 fully saturated rings. The Morgan fingerprint density at radius 2 is 2.10 bits per heavy atom. The van der Waals surface area contributed by atoms with E-state index >= 15 is 0 Å². The molecule has 0 aliphatic carbocycles. The fourth-order valence-electron chi connectivity index (χ4n) is 0.816. The summed E-state index contributed by atoms with van der Waals surface area (Å²) in [5.41, 5.74) is 6.46. The number of allylic oxidation sites excluding steroid dienone is 1. The molecule has 0 atom stereocenters. The average Bonchev–Trinajstić information content (AvgIpc) is 1.97. The molecule has 0 bridgehead atoms. The Labute approximate surface area is 62.8 Å². The zero-order valence-electron chi connectivity index (χ0n) is 6.64. The van der Waals surface area contributed by atoms with Gasteiger partial charge in [-0.2, -0.15) is 5.11 Å². The van der Waals surface area contributed by atoms with E-state index in [1.165, 1.54) is 25.7 Å². The van der Waals surface area contributed by atoms with Crippen molar-refractivity contribution in [3.63, 3.8) is 0 Å². The van der Waals surface area contributed by atoms with Gasteiger partial charge < -0.3 is 0 Å². The van der Waals surface area contributed by atoms with Gasteiger partial charge >= 0.3 is 0 Å². The minimum Gasteiger partial charge on any atom is -0.205 e. The molecule has 0 spiro atoms. The SMILES string of the molecule is CCCCCCC=CN=N. The summed E-state index contributed by atoms with van der Waals surface area (Å²) in [6, 6.07) is 0. The fraction of sp³-hybridized carbons (Fsp3) is 0.750. The first-order valence-corrected chi connectivity index (χ1v) is 3.93. The maximum atomic E-state index is 6.46. The summed E-state index contributed by atoms with van der Waals surface area (Å²) in [4.78, 5) is 0. The summed E-state index contributed by atoms with van der Waals surface area (Å²) in [6.45, 7) is 2.20. The van der Waals surface area contributed by atoms with E-state index in [9.17, 15) is 0 Å². The lowest BCUT2D eigenvalue weighted by Gasteiger charge is -1.92. The van der Waals surface area contributed by atoms with Crippen LogP contribution in [0.4, 0.5) is 0 Å². The fourth-order valence-corrected chi connectivity index (χ4v) is 0.816. The van der Waals surface area contributed by atoms with Crippen LogP contribution in [0.15, 0.2) is 17.4 Å². The van der Waals surface area contributed by atoms with Gasteiger partial charge in [-0.05, 0) is 12.8 Å². The Bertz CT molecular complexity index is 97.4. The molecule has 0 heterocycles. The molecule has 0 saturated carbocycles. The Morgan fingerprint density at radius 3 is 2.70 bits per heavy atom. The van der Waals surface area contributed by atoms with E-state index in [-0.39, 0.29) is 0 Å². The van der Waals surface area contributed by atoms with E-state index < -0.39 is 0 Å². The molecule has 0 rings (SSSR count). The number of unbranched alkanes of at least 4 members (excludes halogenated alkanes) is 4. The molecule has 2 nitrogen and oxygen atoms in total. The summed E-state index contributed by atoms with van der Waals surface area (Å²) < 4.78 is 0. The van der Waals surface area contributed by atoms with Gasteiger partial charge in [0, 0.05) is 6.20 Å². The molecule has 0 radical (unpaired) electrons. The van der Waals surface area contributed by atoms with E-state index in [1.807, 2.05) is 6.08 Å². The highest BCUT2D eigenvalue weighted by atomic mass is 14.9. The normalized spacial score (nSPS) is 10.5. The van der Waals surface area contributed by atoms with E-state index in [1.54, 1.807) is 6.20 Å². The van der Waals surface area contributed by atoms with Gasteiger partial charge in [-0.1, -0.05) is 32.3 Å². The smallest absolute Gasteiger partial charge is 0.0448 e. The second kappa shape index (κ2) is 8.34. The van der Waals surface area contributed by atoms with Crippen LogP contribution in [0.3, 0.4) is 0 Å². The molecule has 0 aliphatic rings. The number of nitrogens with one attached hydrogen (secondary N) is 1. The van der Waals surface area contributed by atoms with E-state index in [4.69, 9.17) is 5.53 Å². The van der Waals surface area contributed by atoms with Gasteiger partial charge in [-0.15, -0.1) is 0 Å². The quantitative estimate of drug-likeness (QED) is 0.433. The van der Waals surface area contributed by atoms with E-state index in [0.717, 1.165) is 6.42 Å². The van der Waals surface area contributed by atoms with Gasteiger partial charge in [-0.3, -0.25) is 0 Å². The second-order valence-electron chi connectivity index (χ2n) is 2.36. The van der Waals surface area contributed by atoms with Crippen LogP contribution in [0.5, 0.6) is 0 Å². The summed E-state index contributed by atoms with van der Waals surface area (Å²) in [5.74, 6) is 0. The van der Waals surface area contributed by atoms with Gasteiger partial charge in [0.2, 0.25) is 0 Å². The first kappa shape index (κ1) is 9.34. The van der Waals surface area contributed by atoms with Gasteiger partial charge in [-0.25, -0.2) is 5.53 Å². The van der Waals surface area contributed by atoms with Crippen molar-refractivity contribution in [2.75, 3.05) is 0 Å². The molecule has 1 N–H and O–H groups in total. The Kier molecular flexibility index (Phi) is 7.79. The van der Waals surface area contributed by atoms with Crippen LogP contribution in [0.2, 0.25) is 0 Å². The molecule has 58 valence electrons. The van der Waals surface area contributed by atoms with Gasteiger partial charge in [0.05, 0.1) is 0 Å². The topological polar surface area (TPSA) is 36.2 Å². The van der Waals surface area contributed by atoms with Crippen molar-refractivity contribution in [3.8, 4) is 0 Å². The predicted molar refractivity (Wildman–Crippen MR) is 43.0 cm³/mol. The lowest BCUT2D eigenvalue weighted by atomic mass is 10.1. The molecule has 0 amide bonds. The molecule has 0 unspecified atom stereocenters. The van der Waals surface area contributed by atoms with Gasteiger partial charge in [0.1, 0.15) is 0 Å².